The van der Waals surface area contributed by atoms with Gasteiger partial charge in [-0.15, -0.1) is 0 Å². The van der Waals surface area contributed by atoms with Crippen LogP contribution in [0.4, 0.5) is 0 Å². The van der Waals surface area contributed by atoms with Crippen LogP contribution in [0.25, 0.3) is 0 Å². The van der Waals surface area contributed by atoms with E-state index in [1.807, 2.05) is 0 Å². The van der Waals surface area contributed by atoms with Crippen molar-refractivity contribution in [3.8, 4) is 0 Å². The molecule has 2 fully saturated rings. The zero-order valence-electron chi connectivity index (χ0n) is 13.2. The number of hydrogen-bond acceptors (Lipinski definition) is 2. The summed E-state index contributed by atoms with van der Waals surface area (Å²) in [7, 11) is 0. The van der Waals surface area contributed by atoms with Crippen molar-refractivity contribution in [2.75, 3.05) is 13.1 Å². The van der Waals surface area contributed by atoms with Gasteiger partial charge in [-0.2, -0.15) is 0 Å². The Hall–Kier alpha value is -0.570. The average molecular weight is 281 g/mol. The molecule has 3 nitrogen and oxygen atoms in total. The van der Waals surface area contributed by atoms with Gasteiger partial charge in [-0.05, 0) is 57.4 Å². The van der Waals surface area contributed by atoms with Crippen LogP contribution in [0, 0.1) is 11.3 Å². The molecule has 1 N–H and O–H groups in total. The van der Waals surface area contributed by atoms with Crippen molar-refractivity contribution in [1.29, 1.82) is 0 Å². The molecule has 1 heterocycles. The van der Waals surface area contributed by atoms with E-state index in [0.29, 0.717) is 12.0 Å². The van der Waals surface area contributed by atoms with Crippen LogP contribution in [0.2, 0.25) is 0 Å². The van der Waals surface area contributed by atoms with Gasteiger partial charge in [-0.25, -0.2) is 0 Å². The van der Waals surface area contributed by atoms with Crippen molar-refractivity contribution in [2.45, 2.75) is 77.7 Å². The molecule has 0 spiro atoms. The molecule has 1 saturated heterocycles. The van der Waals surface area contributed by atoms with Crippen LogP contribution in [0.1, 0.15) is 71.6 Å². The summed E-state index contributed by atoms with van der Waals surface area (Å²) in [5, 5.41) is 9.81. The van der Waals surface area contributed by atoms with Gasteiger partial charge in [-0.3, -0.25) is 9.69 Å². The molecular weight excluding hydrogens is 250 g/mol. The Balaban J connectivity index is 2.08. The molecule has 1 atom stereocenters. The first-order valence-electron chi connectivity index (χ1n) is 8.55. The van der Waals surface area contributed by atoms with E-state index in [1.165, 1.54) is 25.7 Å². The number of likely N-dealkylation sites (tertiary alicyclic amines) is 1. The molecule has 2 aliphatic rings. The van der Waals surface area contributed by atoms with Gasteiger partial charge >= 0.3 is 5.97 Å². The van der Waals surface area contributed by atoms with E-state index in [2.05, 4.69) is 18.7 Å². The number of aliphatic carboxylic acids is 1. The summed E-state index contributed by atoms with van der Waals surface area (Å²) in [6.45, 7) is 6.39. The second-order valence-electron chi connectivity index (χ2n) is 7.15. The normalized spacial score (nSPS) is 36.5. The third kappa shape index (κ3) is 3.55. The summed E-state index contributed by atoms with van der Waals surface area (Å²) in [5.41, 5.74) is -0.468. The largest absolute Gasteiger partial charge is 0.481 e. The maximum Gasteiger partial charge on any atom is 0.310 e. The zero-order chi connectivity index (χ0) is 14.6. The van der Waals surface area contributed by atoms with E-state index in [-0.39, 0.29) is 0 Å². The summed E-state index contributed by atoms with van der Waals surface area (Å²) in [6, 6.07) is 0.605. The van der Waals surface area contributed by atoms with E-state index < -0.39 is 11.4 Å². The van der Waals surface area contributed by atoms with Crippen LogP contribution >= 0.6 is 0 Å². The molecule has 1 aliphatic heterocycles. The minimum atomic E-state index is -0.552. The number of carbonyl (C=O) groups is 1. The first kappa shape index (κ1) is 15.8. The Kier molecular flexibility index (Phi) is 5.48. The molecule has 0 bridgehead atoms. The highest BCUT2D eigenvalue weighted by molar-refractivity contribution is 5.75. The Morgan fingerprint density at radius 2 is 1.90 bits per heavy atom. The van der Waals surface area contributed by atoms with Gasteiger partial charge in [0.15, 0.2) is 0 Å². The van der Waals surface area contributed by atoms with Crippen molar-refractivity contribution < 1.29 is 9.90 Å². The lowest BCUT2D eigenvalue weighted by molar-refractivity contribution is -0.153. The minimum Gasteiger partial charge on any atom is -0.481 e. The highest BCUT2D eigenvalue weighted by atomic mass is 16.4. The molecule has 0 aromatic carbocycles. The molecule has 0 aromatic heterocycles. The zero-order valence-corrected chi connectivity index (χ0v) is 13.2. The SMILES string of the molecule is CCC1CCCCCN1CC1(C(=O)O)CCC(C)CC1. The maximum absolute atomic E-state index is 11.9. The predicted octanol–water partition coefficient (Wildman–Crippen LogP) is 3.92. The monoisotopic (exact) mass is 281 g/mol. The van der Waals surface area contributed by atoms with Crippen LogP contribution in [0.15, 0.2) is 0 Å². The summed E-state index contributed by atoms with van der Waals surface area (Å²) in [4.78, 5) is 14.4. The fourth-order valence-electron chi connectivity index (χ4n) is 4.05. The van der Waals surface area contributed by atoms with E-state index in [0.717, 1.165) is 45.2 Å². The molecule has 1 saturated carbocycles. The fourth-order valence-corrected chi connectivity index (χ4v) is 4.05. The van der Waals surface area contributed by atoms with Crippen LogP contribution in [0.3, 0.4) is 0 Å². The van der Waals surface area contributed by atoms with Gasteiger partial charge in [-0.1, -0.05) is 26.7 Å². The van der Waals surface area contributed by atoms with E-state index in [9.17, 15) is 9.90 Å². The number of rotatable bonds is 4. The van der Waals surface area contributed by atoms with Gasteiger partial charge < -0.3 is 5.11 Å². The van der Waals surface area contributed by atoms with Crippen molar-refractivity contribution in [3.63, 3.8) is 0 Å². The Bertz CT molecular complexity index is 321. The Morgan fingerprint density at radius 1 is 1.20 bits per heavy atom. The summed E-state index contributed by atoms with van der Waals surface area (Å²) < 4.78 is 0. The minimum absolute atomic E-state index is 0.468. The van der Waals surface area contributed by atoms with Gasteiger partial charge in [0, 0.05) is 12.6 Å². The highest BCUT2D eigenvalue weighted by Crippen LogP contribution is 2.40. The summed E-state index contributed by atoms with van der Waals surface area (Å²) >= 11 is 0. The van der Waals surface area contributed by atoms with Gasteiger partial charge in [0.05, 0.1) is 5.41 Å². The quantitative estimate of drug-likeness (QED) is 0.849. The molecule has 0 aromatic rings. The Morgan fingerprint density at radius 3 is 2.50 bits per heavy atom. The second-order valence-corrected chi connectivity index (χ2v) is 7.15. The van der Waals surface area contributed by atoms with E-state index >= 15 is 0 Å². The molecule has 1 aliphatic carbocycles. The molecule has 0 amide bonds. The lowest BCUT2D eigenvalue weighted by Gasteiger charge is -2.41. The highest BCUT2D eigenvalue weighted by Gasteiger charge is 2.43. The third-order valence-electron chi connectivity index (χ3n) is 5.66. The molecule has 20 heavy (non-hydrogen) atoms. The molecule has 3 heteroatoms. The maximum atomic E-state index is 11.9. The smallest absolute Gasteiger partial charge is 0.310 e. The van der Waals surface area contributed by atoms with Crippen molar-refractivity contribution >= 4 is 5.97 Å². The van der Waals surface area contributed by atoms with Gasteiger partial charge in [0.25, 0.3) is 0 Å². The number of carboxylic acid groups (broad SMARTS) is 1. The first-order valence-corrected chi connectivity index (χ1v) is 8.55. The number of nitrogens with zero attached hydrogens (tertiary/aromatic N) is 1. The number of carboxylic acids is 1. The molecule has 1 unspecified atom stereocenters. The standard InChI is InChI=1S/C17H31NO2/c1-3-15-7-5-4-6-12-18(15)13-17(16(19)20)10-8-14(2)9-11-17/h14-15H,3-13H2,1-2H3,(H,19,20). The van der Waals surface area contributed by atoms with E-state index in [1.54, 1.807) is 0 Å². The lowest BCUT2D eigenvalue weighted by atomic mass is 9.70. The van der Waals surface area contributed by atoms with Crippen LogP contribution < -0.4 is 0 Å². The Labute approximate surface area is 123 Å². The molecule has 116 valence electrons. The third-order valence-corrected chi connectivity index (χ3v) is 5.66. The topological polar surface area (TPSA) is 40.5 Å². The van der Waals surface area contributed by atoms with Crippen LogP contribution in [0.5, 0.6) is 0 Å². The summed E-state index contributed by atoms with van der Waals surface area (Å²) in [5.74, 6) is 0.150. The fraction of sp³-hybridized carbons (Fsp3) is 0.941. The average Bonchev–Trinajstić information content (AvgIpc) is 2.66. The molecular formula is C17H31NO2. The van der Waals surface area contributed by atoms with Crippen LogP contribution in [-0.2, 0) is 4.79 Å². The van der Waals surface area contributed by atoms with Crippen molar-refractivity contribution in [2.24, 2.45) is 11.3 Å². The van der Waals surface area contributed by atoms with E-state index in [4.69, 9.17) is 0 Å². The summed E-state index contributed by atoms with van der Waals surface area (Å²) in [6.07, 6.45) is 10.2. The first-order chi connectivity index (χ1) is 9.57. The molecule has 0 radical (unpaired) electrons. The van der Waals surface area contributed by atoms with Crippen molar-refractivity contribution in [3.05, 3.63) is 0 Å². The second kappa shape index (κ2) is 6.93. The van der Waals surface area contributed by atoms with Crippen molar-refractivity contribution in [1.82, 2.24) is 4.90 Å². The molecule has 2 rings (SSSR count). The lowest BCUT2D eigenvalue weighted by Crippen LogP contribution is -2.48. The number of hydrogen-bond donors (Lipinski definition) is 1. The van der Waals surface area contributed by atoms with Gasteiger partial charge in [0.1, 0.15) is 0 Å². The van der Waals surface area contributed by atoms with Crippen LogP contribution in [-0.4, -0.2) is 35.1 Å². The van der Waals surface area contributed by atoms with Gasteiger partial charge in [0.2, 0.25) is 0 Å². The predicted molar refractivity (Wildman–Crippen MR) is 81.8 cm³/mol.